The summed E-state index contributed by atoms with van der Waals surface area (Å²) in [6.07, 6.45) is 9.63. The molecular weight excluding hydrogens is 211 g/mol. The van der Waals surface area contributed by atoms with Gasteiger partial charge in [0.25, 0.3) is 0 Å². The fourth-order valence-electron chi connectivity index (χ4n) is 1.18. The monoisotopic (exact) mass is 242 g/mol. The van der Waals surface area contributed by atoms with Crippen molar-refractivity contribution >= 4 is 29.6 Å². The van der Waals surface area contributed by atoms with Gasteiger partial charge in [-0.1, -0.05) is 39.0 Å². The molecule has 0 aromatic heterocycles. The molecule has 0 amide bonds. The van der Waals surface area contributed by atoms with Crippen LogP contribution in [0.4, 0.5) is 0 Å². The van der Waals surface area contributed by atoms with Crippen molar-refractivity contribution in [2.45, 2.75) is 58.3 Å². The summed E-state index contributed by atoms with van der Waals surface area (Å²) < 4.78 is 0. The maximum absolute atomic E-state index is 8.42. The second kappa shape index (κ2) is 24.9. The van der Waals surface area contributed by atoms with E-state index in [1.54, 1.807) is 0 Å². The molecule has 0 rings (SSSR count). The average Bonchev–Trinajstić information content (AvgIpc) is 2.27. The molecule has 0 aromatic rings. The molecule has 0 bridgehead atoms. The molecule has 0 fully saturated rings. The fraction of sp³-hybridized carbons (Fsp3) is 1.00. The summed E-state index contributed by atoms with van der Waals surface area (Å²) in [6.45, 7) is 4.13. The number of aliphatic hydroxyl groups excluding tert-OH is 1. The van der Waals surface area contributed by atoms with Crippen molar-refractivity contribution in [2.75, 3.05) is 19.7 Å². The molecule has 0 saturated carbocycles. The molecule has 3 nitrogen and oxygen atoms in total. The van der Waals surface area contributed by atoms with Gasteiger partial charge in [0.05, 0.1) is 0 Å². The van der Waals surface area contributed by atoms with Crippen LogP contribution in [0.25, 0.3) is 0 Å². The molecule has 0 radical (unpaired) electrons. The van der Waals surface area contributed by atoms with Crippen LogP contribution in [0.1, 0.15) is 58.3 Å². The normalized spacial score (nSPS) is 9.00. The van der Waals surface area contributed by atoms with Crippen LogP contribution in [0, 0.1) is 0 Å². The first-order valence-corrected chi connectivity index (χ1v) is 6.34. The fourth-order valence-corrected chi connectivity index (χ4v) is 1.18. The molecule has 0 saturated heterocycles. The number of hydrogen-bond acceptors (Lipinski definition) is 3. The molecule has 0 atom stereocenters. The van der Waals surface area contributed by atoms with Crippen LogP contribution in [0.3, 0.4) is 0 Å². The number of unbranched alkanes of at least 4 members (excludes halogenated alkanes) is 6. The predicted molar refractivity (Wildman–Crippen MR) is 75.0 cm³/mol. The second-order valence-electron chi connectivity index (χ2n) is 3.78. The topological polar surface area (TPSA) is 72.3 Å². The Morgan fingerprint density at radius 2 is 1.19 bits per heavy atom. The Morgan fingerprint density at radius 3 is 1.56 bits per heavy atom. The van der Waals surface area contributed by atoms with Gasteiger partial charge in [-0.2, -0.15) is 0 Å². The quantitative estimate of drug-likeness (QED) is 0.422. The first kappa shape index (κ1) is 22.1. The zero-order valence-corrected chi connectivity index (χ0v) is 10.4. The summed E-state index contributed by atoms with van der Waals surface area (Å²) >= 11 is 0. The van der Waals surface area contributed by atoms with E-state index in [9.17, 15) is 0 Å². The van der Waals surface area contributed by atoms with E-state index in [1.807, 2.05) is 0 Å². The maximum atomic E-state index is 8.42. The molecule has 96 valence electrons. The van der Waals surface area contributed by atoms with E-state index in [4.69, 9.17) is 16.6 Å². The third kappa shape index (κ3) is 29.4. The van der Waals surface area contributed by atoms with Gasteiger partial charge in [0.15, 0.2) is 0 Å². The van der Waals surface area contributed by atoms with Crippen LogP contribution in [-0.2, 0) is 0 Å². The van der Waals surface area contributed by atoms with Crippen molar-refractivity contribution in [3.8, 4) is 0 Å². The Labute approximate surface area is 124 Å². The summed E-state index contributed by atoms with van der Waals surface area (Å²) in [7, 11) is 0. The van der Waals surface area contributed by atoms with Gasteiger partial charge >= 0.3 is 29.6 Å². The number of hydrogen-bond donors (Lipinski definition) is 3. The van der Waals surface area contributed by atoms with Gasteiger partial charge in [0.1, 0.15) is 0 Å². The number of aliphatic hydroxyl groups is 1. The first-order chi connectivity index (χ1) is 7.33. The zero-order chi connectivity index (χ0) is 11.8. The summed E-state index contributed by atoms with van der Waals surface area (Å²) in [5.41, 5.74) is 10.3. The van der Waals surface area contributed by atoms with E-state index in [2.05, 4.69) is 6.92 Å². The minimum atomic E-state index is 0. The van der Waals surface area contributed by atoms with Crippen LogP contribution >= 0.6 is 0 Å². The molecule has 5 N–H and O–H groups in total. The Hall–Kier alpha value is 0.880. The third-order valence-electron chi connectivity index (χ3n) is 2.17. The van der Waals surface area contributed by atoms with Crippen molar-refractivity contribution < 1.29 is 5.11 Å². The standard InChI is InChI=1S/C8H18O.C4H12N2.Na.H/c1-2-3-4-5-6-7-8-9;5-3-1-2-4-6;;/h9H,2-8H2,1H3;1-6H2;;. The Bertz CT molecular complexity index is 85.1. The van der Waals surface area contributed by atoms with Gasteiger partial charge in [-0.3, -0.25) is 0 Å². The van der Waals surface area contributed by atoms with Crippen LogP contribution < -0.4 is 11.5 Å². The van der Waals surface area contributed by atoms with Crippen LogP contribution in [0.5, 0.6) is 0 Å². The van der Waals surface area contributed by atoms with Crippen LogP contribution in [-0.4, -0.2) is 54.4 Å². The van der Waals surface area contributed by atoms with Gasteiger partial charge < -0.3 is 16.6 Å². The molecule has 4 heteroatoms. The minimum absolute atomic E-state index is 0. The van der Waals surface area contributed by atoms with Crippen molar-refractivity contribution in [3.05, 3.63) is 0 Å². The summed E-state index contributed by atoms with van der Waals surface area (Å²) in [5.74, 6) is 0. The number of rotatable bonds is 9. The predicted octanol–water partition coefficient (Wildman–Crippen LogP) is 1.37. The van der Waals surface area contributed by atoms with Gasteiger partial charge in [0.2, 0.25) is 0 Å². The van der Waals surface area contributed by atoms with Gasteiger partial charge in [-0.25, -0.2) is 0 Å². The molecule has 0 unspecified atom stereocenters. The molecule has 0 aliphatic rings. The molecule has 0 spiro atoms. The zero-order valence-electron chi connectivity index (χ0n) is 10.4. The number of nitrogens with two attached hydrogens (primary N) is 2. The van der Waals surface area contributed by atoms with Gasteiger partial charge in [0, 0.05) is 6.61 Å². The average molecular weight is 242 g/mol. The van der Waals surface area contributed by atoms with E-state index in [0.717, 1.165) is 32.4 Å². The van der Waals surface area contributed by atoms with Crippen LogP contribution in [0.2, 0.25) is 0 Å². The van der Waals surface area contributed by atoms with E-state index >= 15 is 0 Å². The van der Waals surface area contributed by atoms with Crippen molar-refractivity contribution in [3.63, 3.8) is 0 Å². The Balaban J connectivity index is -0.000000214. The molecule has 0 aliphatic carbocycles. The molecular formula is C12H31N2NaO. The van der Waals surface area contributed by atoms with Crippen molar-refractivity contribution in [1.82, 2.24) is 0 Å². The van der Waals surface area contributed by atoms with Crippen molar-refractivity contribution in [2.24, 2.45) is 11.5 Å². The van der Waals surface area contributed by atoms with Crippen LogP contribution in [0.15, 0.2) is 0 Å². The molecule has 0 aromatic carbocycles. The van der Waals surface area contributed by atoms with E-state index in [0.29, 0.717) is 6.61 Å². The second-order valence-corrected chi connectivity index (χ2v) is 3.78. The summed E-state index contributed by atoms with van der Waals surface area (Å²) in [5, 5.41) is 8.42. The molecule has 16 heavy (non-hydrogen) atoms. The van der Waals surface area contributed by atoms with Gasteiger partial charge in [-0.05, 0) is 32.4 Å². The van der Waals surface area contributed by atoms with E-state index in [1.165, 1.54) is 32.1 Å². The first-order valence-electron chi connectivity index (χ1n) is 6.34. The van der Waals surface area contributed by atoms with Crippen molar-refractivity contribution in [1.29, 1.82) is 0 Å². The SMILES string of the molecule is CCCCCCCCO.NCCCCN.[NaH]. The summed E-state index contributed by atoms with van der Waals surface area (Å²) in [4.78, 5) is 0. The van der Waals surface area contributed by atoms with E-state index < -0.39 is 0 Å². The van der Waals surface area contributed by atoms with E-state index in [-0.39, 0.29) is 29.6 Å². The molecule has 0 heterocycles. The Morgan fingerprint density at radius 1 is 0.750 bits per heavy atom. The Kier molecular flexibility index (Phi) is 34.4. The molecule has 0 aliphatic heterocycles. The third-order valence-corrected chi connectivity index (χ3v) is 2.17. The van der Waals surface area contributed by atoms with Gasteiger partial charge in [-0.15, -0.1) is 0 Å². The summed E-state index contributed by atoms with van der Waals surface area (Å²) in [6, 6.07) is 0.